The van der Waals surface area contributed by atoms with Crippen molar-refractivity contribution >= 4 is 5.91 Å². The molecule has 0 bridgehead atoms. The zero-order chi connectivity index (χ0) is 26.1. The first-order valence-electron chi connectivity index (χ1n) is 14.8. The standard InChI is InChI=1S/C28H56N6O2/c1-24(2)30-13-15-32(16-14-30)26(4)8-7-25(3)31-11-9-29(10-12-31)21-22-36-23-27(5)33-17-19-34(20-18-33)28(6)35/h24-27H,7-23H2,1-6H3/t25-,26?,27-/m1/s1. The maximum atomic E-state index is 11.5. The normalized spacial score (nSPS) is 24.8. The molecule has 3 saturated heterocycles. The topological polar surface area (TPSA) is 45.7 Å². The number of ether oxygens (including phenoxy) is 1. The quantitative estimate of drug-likeness (QED) is 0.372. The minimum Gasteiger partial charge on any atom is -0.379 e. The molecule has 0 aromatic carbocycles. The largest absolute Gasteiger partial charge is 0.379 e. The van der Waals surface area contributed by atoms with Gasteiger partial charge in [0.25, 0.3) is 0 Å². The van der Waals surface area contributed by atoms with E-state index in [1.54, 1.807) is 6.92 Å². The summed E-state index contributed by atoms with van der Waals surface area (Å²) in [6.45, 7) is 29.2. The molecule has 0 saturated carbocycles. The van der Waals surface area contributed by atoms with Gasteiger partial charge in [0.2, 0.25) is 5.91 Å². The Hall–Kier alpha value is -0.770. The first-order chi connectivity index (χ1) is 17.2. The fraction of sp³-hybridized carbons (Fsp3) is 0.964. The second-order valence-electron chi connectivity index (χ2n) is 11.8. The summed E-state index contributed by atoms with van der Waals surface area (Å²) >= 11 is 0. The molecule has 0 aromatic rings. The highest BCUT2D eigenvalue weighted by Crippen LogP contribution is 2.17. The molecule has 0 aliphatic carbocycles. The molecule has 210 valence electrons. The Kier molecular flexibility index (Phi) is 12.4. The third-order valence-corrected chi connectivity index (χ3v) is 9.03. The molecule has 0 spiro atoms. The van der Waals surface area contributed by atoms with Gasteiger partial charge < -0.3 is 9.64 Å². The van der Waals surface area contributed by atoms with Crippen molar-refractivity contribution in [3.05, 3.63) is 0 Å². The zero-order valence-corrected chi connectivity index (χ0v) is 24.3. The zero-order valence-electron chi connectivity index (χ0n) is 24.3. The van der Waals surface area contributed by atoms with Gasteiger partial charge in [-0.1, -0.05) is 0 Å². The fourth-order valence-electron chi connectivity index (χ4n) is 6.00. The van der Waals surface area contributed by atoms with Crippen molar-refractivity contribution < 1.29 is 9.53 Å². The average Bonchev–Trinajstić information content (AvgIpc) is 2.89. The van der Waals surface area contributed by atoms with Crippen LogP contribution in [0.15, 0.2) is 0 Å². The number of rotatable bonds is 12. The van der Waals surface area contributed by atoms with Gasteiger partial charge in [0.1, 0.15) is 0 Å². The van der Waals surface area contributed by atoms with E-state index in [-0.39, 0.29) is 5.91 Å². The molecule has 3 aliphatic rings. The Morgan fingerprint density at radius 1 is 0.639 bits per heavy atom. The molecule has 3 aliphatic heterocycles. The Balaban J connectivity index is 1.22. The minimum absolute atomic E-state index is 0.193. The van der Waals surface area contributed by atoms with Crippen LogP contribution in [-0.4, -0.2) is 158 Å². The summed E-state index contributed by atoms with van der Waals surface area (Å²) in [6, 6.07) is 2.46. The van der Waals surface area contributed by atoms with E-state index in [2.05, 4.69) is 59.1 Å². The molecule has 3 atom stereocenters. The van der Waals surface area contributed by atoms with Crippen LogP contribution in [0, 0.1) is 0 Å². The van der Waals surface area contributed by atoms with Crippen molar-refractivity contribution in [1.82, 2.24) is 29.4 Å². The van der Waals surface area contributed by atoms with Gasteiger partial charge in [0.05, 0.1) is 13.2 Å². The lowest BCUT2D eigenvalue weighted by atomic mass is 10.0. The molecule has 8 nitrogen and oxygen atoms in total. The Labute approximate surface area is 221 Å². The summed E-state index contributed by atoms with van der Waals surface area (Å²) in [5.41, 5.74) is 0. The van der Waals surface area contributed by atoms with Crippen LogP contribution in [0.25, 0.3) is 0 Å². The second-order valence-corrected chi connectivity index (χ2v) is 11.8. The van der Waals surface area contributed by atoms with Crippen molar-refractivity contribution in [1.29, 1.82) is 0 Å². The van der Waals surface area contributed by atoms with Crippen molar-refractivity contribution in [2.45, 2.75) is 78.6 Å². The van der Waals surface area contributed by atoms with Crippen molar-refractivity contribution in [2.75, 3.05) is 98.3 Å². The molecule has 3 fully saturated rings. The number of amides is 1. The predicted octanol–water partition coefficient (Wildman–Crippen LogP) is 1.76. The van der Waals surface area contributed by atoms with Gasteiger partial charge in [-0.3, -0.25) is 29.3 Å². The number of hydrogen-bond acceptors (Lipinski definition) is 7. The molecule has 36 heavy (non-hydrogen) atoms. The van der Waals surface area contributed by atoms with Crippen LogP contribution < -0.4 is 0 Å². The predicted molar refractivity (Wildman–Crippen MR) is 149 cm³/mol. The van der Waals surface area contributed by atoms with Crippen LogP contribution in [0.4, 0.5) is 0 Å². The van der Waals surface area contributed by atoms with Gasteiger partial charge in [-0.2, -0.15) is 0 Å². The Morgan fingerprint density at radius 2 is 1.08 bits per heavy atom. The van der Waals surface area contributed by atoms with Gasteiger partial charge in [-0.25, -0.2) is 0 Å². The number of nitrogens with zero attached hydrogens (tertiary/aromatic N) is 6. The lowest BCUT2D eigenvalue weighted by Crippen LogP contribution is -2.52. The van der Waals surface area contributed by atoms with Crippen molar-refractivity contribution in [3.63, 3.8) is 0 Å². The molecule has 0 aromatic heterocycles. The Bertz CT molecular complexity index is 626. The number of piperazine rings is 3. The highest BCUT2D eigenvalue weighted by molar-refractivity contribution is 5.73. The summed E-state index contributed by atoms with van der Waals surface area (Å²) in [5, 5.41) is 0. The van der Waals surface area contributed by atoms with Crippen molar-refractivity contribution in [3.8, 4) is 0 Å². The maximum Gasteiger partial charge on any atom is 0.219 e. The lowest BCUT2D eigenvalue weighted by Gasteiger charge is -2.41. The monoisotopic (exact) mass is 508 g/mol. The van der Waals surface area contributed by atoms with Gasteiger partial charge in [0, 0.05) is 116 Å². The van der Waals surface area contributed by atoms with Gasteiger partial charge in [-0.05, 0) is 47.5 Å². The lowest BCUT2D eigenvalue weighted by molar-refractivity contribution is -0.131. The molecule has 3 rings (SSSR count). The summed E-state index contributed by atoms with van der Waals surface area (Å²) in [7, 11) is 0. The van der Waals surface area contributed by atoms with E-state index in [1.165, 1.54) is 52.1 Å². The molecule has 1 amide bonds. The SMILES string of the molecule is CC(=O)N1CCN([C@H](C)COCCN2CCN([C@H](C)CCC(C)N3CCN(C(C)C)CC3)CC2)CC1. The minimum atomic E-state index is 0.193. The van der Waals surface area contributed by atoms with Crippen LogP contribution in [0.1, 0.15) is 54.4 Å². The van der Waals surface area contributed by atoms with E-state index in [9.17, 15) is 4.79 Å². The van der Waals surface area contributed by atoms with Crippen LogP contribution in [0.5, 0.6) is 0 Å². The van der Waals surface area contributed by atoms with Crippen LogP contribution in [0.2, 0.25) is 0 Å². The van der Waals surface area contributed by atoms with E-state index in [4.69, 9.17) is 4.74 Å². The van der Waals surface area contributed by atoms with E-state index in [0.29, 0.717) is 24.2 Å². The smallest absolute Gasteiger partial charge is 0.219 e. The average molecular weight is 509 g/mol. The number of carbonyl (C=O) groups is 1. The molecule has 0 N–H and O–H groups in total. The summed E-state index contributed by atoms with van der Waals surface area (Å²) in [6.07, 6.45) is 2.60. The number of carbonyl (C=O) groups excluding carboxylic acids is 1. The van der Waals surface area contributed by atoms with E-state index in [0.717, 1.165) is 59.0 Å². The highest BCUT2D eigenvalue weighted by atomic mass is 16.5. The van der Waals surface area contributed by atoms with Crippen LogP contribution in [-0.2, 0) is 9.53 Å². The van der Waals surface area contributed by atoms with Crippen LogP contribution in [0.3, 0.4) is 0 Å². The summed E-state index contributed by atoms with van der Waals surface area (Å²) in [4.78, 5) is 26.5. The molecule has 0 radical (unpaired) electrons. The second kappa shape index (κ2) is 15.0. The molecule has 8 heteroatoms. The van der Waals surface area contributed by atoms with Crippen molar-refractivity contribution in [2.24, 2.45) is 0 Å². The fourth-order valence-corrected chi connectivity index (χ4v) is 6.00. The maximum absolute atomic E-state index is 11.5. The first kappa shape index (κ1) is 29.8. The first-order valence-corrected chi connectivity index (χ1v) is 14.8. The van der Waals surface area contributed by atoms with Gasteiger partial charge in [-0.15, -0.1) is 0 Å². The Morgan fingerprint density at radius 3 is 1.58 bits per heavy atom. The molecule has 3 heterocycles. The van der Waals surface area contributed by atoms with E-state index in [1.807, 2.05) is 4.90 Å². The van der Waals surface area contributed by atoms with Crippen LogP contribution >= 0.6 is 0 Å². The third-order valence-electron chi connectivity index (χ3n) is 9.03. The summed E-state index contributed by atoms with van der Waals surface area (Å²) in [5.74, 6) is 0.193. The third kappa shape index (κ3) is 9.21. The number of hydrogen-bond donors (Lipinski definition) is 0. The highest BCUT2D eigenvalue weighted by Gasteiger charge is 2.25. The van der Waals surface area contributed by atoms with E-state index >= 15 is 0 Å². The summed E-state index contributed by atoms with van der Waals surface area (Å²) < 4.78 is 6.06. The van der Waals surface area contributed by atoms with Gasteiger partial charge in [0.15, 0.2) is 0 Å². The molecular formula is C28H56N6O2. The van der Waals surface area contributed by atoms with E-state index < -0.39 is 0 Å². The molecule has 1 unspecified atom stereocenters. The molecular weight excluding hydrogens is 452 g/mol. The van der Waals surface area contributed by atoms with Gasteiger partial charge >= 0.3 is 0 Å².